The minimum Gasteiger partial charge on any atom is -0.305 e. The molecule has 0 bridgehead atoms. The van der Waals surface area contributed by atoms with E-state index in [-0.39, 0.29) is 6.04 Å². The molecule has 1 unspecified atom stereocenters. The molecule has 0 saturated carbocycles. The fourth-order valence-corrected chi connectivity index (χ4v) is 4.42. The lowest BCUT2D eigenvalue weighted by Crippen LogP contribution is -2.28. The van der Waals surface area contributed by atoms with Gasteiger partial charge in [0.15, 0.2) is 0 Å². The predicted octanol–water partition coefficient (Wildman–Crippen LogP) is 4.87. The van der Waals surface area contributed by atoms with Gasteiger partial charge in [-0.1, -0.05) is 31.5 Å². The summed E-state index contributed by atoms with van der Waals surface area (Å²) in [6.07, 6.45) is 1.17. The molecule has 0 saturated heterocycles. The minimum absolute atomic E-state index is 0.277. The fourth-order valence-electron chi connectivity index (χ4n) is 2.37. The van der Waals surface area contributed by atoms with Gasteiger partial charge in [-0.3, -0.25) is 0 Å². The maximum absolute atomic E-state index is 6.09. The van der Waals surface area contributed by atoms with Gasteiger partial charge in [0.1, 0.15) is 0 Å². The maximum atomic E-state index is 6.09. The van der Waals surface area contributed by atoms with Crippen molar-refractivity contribution in [3.05, 3.63) is 43.7 Å². The summed E-state index contributed by atoms with van der Waals surface area (Å²) >= 11 is 9.56. The van der Waals surface area contributed by atoms with Crippen molar-refractivity contribution in [3.63, 3.8) is 0 Å². The van der Waals surface area contributed by atoms with E-state index in [2.05, 4.69) is 47.6 Å². The summed E-state index contributed by atoms with van der Waals surface area (Å²) in [6.45, 7) is 8.88. The highest BCUT2D eigenvalue weighted by atomic mass is 35.5. The second-order valence-corrected chi connectivity index (χ2v) is 7.65. The van der Waals surface area contributed by atoms with Gasteiger partial charge in [-0.2, -0.15) is 0 Å². The summed E-state index contributed by atoms with van der Waals surface area (Å²) in [5.74, 6) is 0. The number of nitrogens with one attached hydrogen (secondary N) is 1. The second-order valence-electron chi connectivity index (χ2n) is 4.92. The molecule has 1 N–H and O–H groups in total. The third-order valence-corrected chi connectivity index (χ3v) is 5.83. The van der Waals surface area contributed by atoms with Crippen molar-refractivity contribution in [2.75, 3.05) is 26.2 Å². The molecular formula is C16H23ClN2S2. The van der Waals surface area contributed by atoms with Crippen LogP contribution in [0, 0.1) is 0 Å². The van der Waals surface area contributed by atoms with Crippen molar-refractivity contribution in [3.8, 4) is 0 Å². The highest BCUT2D eigenvalue weighted by molar-refractivity contribution is 7.16. The van der Waals surface area contributed by atoms with Crippen LogP contribution in [0.3, 0.4) is 0 Å². The molecule has 2 nitrogen and oxygen atoms in total. The molecule has 1 atom stereocenters. The lowest BCUT2D eigenvalue weighted by molar-refractivity contribution is 0.297. The Bertz CT molecular complexity index is 506. The second kappa shape index (κ2) is 8.91. The molecule has 2 aromatic heterocycles. The molecule has 0 aliphatic carbocycles. The normalized spacial score (nSPS) is 13.0. The molecule has 0 radical (unpaired) electrons. The standard InChI is InChI=1S/C16H23ClN2S2/c1-3-19(4-2)11-6-10-18-16(13-7-5-12-20-13)14-8-9-15(17)21-14/h5,7-9,12,16,18H,3-4,6,10-11H2,1-2H3. The van der Waals surface area contributed by atoms with Gasteiger partial charge in [-0.05, 0) is 56.2 Å². The Morgan fingerprint density at radius 1 is 1.19 bits per heavy atom. The molecular weight excluding hydrogens is 320 g/mol. The van der Waals surface area contributed by atoms with Crippen molar-refractivity contribution in [1.82, 2.24) is 10.2 Å². The smallest absolute Gasteiger partial charge is 0.0931 e. The highest BCUT2D eigenvalue weighted by Crippen LogP contribution is 2.32. The molecule has 2 heterocycles. The molecule has 0 spiro atoms. The van der Waals surface area contributed by atoms with Gasteiger partial charge < -0.3 is 10.2 Å². The molecule has 0 aliphatic rings. The van der Waals surface area contributed by atoms with Crippen molar-refractivity contribution in [1.29, 1.82) is 0 Å². The zero-order valence-corrected chi connectivity index (χ0v) is 15.0. The number of rotatable bonds is 9. The van der Waals surface area contributed by atoms with E-state index in [1.54, 1.807) is 22.7 Å². The van der Waals surface area contributed by atoms with Crippen LogP contribution in [-0.4, -0.2) is 31.1 Å². The van der Waals surface area contributed by atoms with Gasteiger partial charge in [-0.25, -0.2) is 0 Å². The van der Waals surface area contributed by atoms with E-state index in [4.69, 9.17) is 11.6 Å². The van der Waals surface area contributed by atoms with Gasteiger partial charge in [0.05, 0.1) is 10.4 Å². The van der Waals surface area contributed by atoms with E-state index in [0.717, 1.165) is 30.5 Å². The zero-order valence-electron chi connectivity index (χ0n) is 12.6. The maximum Gasteiger partial charge on any atom is 0.0931 e. The molecule has 2 rings (SSSR count). The topological polar surface area (TPSA) is 15.3 Å². The minimum atomic E-state index is 0.277. The van der Waals surface area contributed by atoms with Gasteiger partial charge in [0.25, 0.3) is 0 Å². The monoisotopic (exact) mass is 342 g/mol. The first kappa shape index (κ1) is 17.0. The number of hydrogen-bond donors (Lipinski definition) is 1. The van der Waals surface area contributed by atoms with Crippen LogP contribution in [0.15, 0.2) is 29.6 Å². The first-order chi connectivity index (χ1) is 10.2. The van der Waals surface area contributed by atoms with Gasteiger partial charge >= 0.3 is 0 Å². The molecule has 0 aliphatic heterocycles. The molecule has 116 valence electrons. The largest absolute Gasteiger partial charge is 0.305 e. The van der Waals surface area contributed by atoms with Crippen molar-refractivity contribution >= 4 is 34.3 Å². The Hall–Kier alpha value is -0.390. The van der Waals surface area contributed by atoms with Gasteiger partial charge in [0, 0.05) is 9.75 Å². The van der Waals surface area contributed by atoms with Gasteiger partial charge in [0.2, 0.25) is 0 Å². The van der Waals surface area contributed by atoms with Crippen LogP contribution in [0.4, 0.5) is 0 Å². The summed E-state index contributed by atoms with van der Waals surface area (Å²) in [6, 6.07) is 8.70. The number of thiophene rings is 2. The molecule has 21 heavy (non-hydrogen) atoms. The van der Waals surface area contributed by atoms with Crippen molar-refractivity contribution in [2.24, 2.45) is 0 Å². The third-order valence-electron chi connectivity index (χ3n) is 3.60. The average molecular weight is 343 g/mol. The van der Waals surface area contributed by atoms with E-state index in [9.17, 15) is 0 Å². The summed E-state index contributed by atoms with van der Waals surface area (Å²) in [7, 11) is 0. The molecule has 0 fully saturated rings. The Morgan fingerprint density at radius 2 is 2.00 bits per heavy atom. The highest BCUT2D eigenvalue weighted by Gasteiger charge is 2.16. The summed E-state index contributed by atoms with van der Waals surface area (Å²) < 4.78 is 0.858. The number of hydrogen-bond acceptors (Lipinski definition) is 4. The van der Waals surface area contributed by atoms with Crippen molar-refractivity contribution in [2.45, 2.75) is 26.3 Å². The average Bonchev–Trinajstić information content (AvgIpc) is 3.15. The molecule has 0 aromatic carbocycles. The Balaban J connectivity index is 1.92. The predicted molar refractivity (Wildman–Crippen MR) is 95.9 cm³/mol. The van der Waals surface area contributed by atoms with Crippen LogP contribution in [0.2, 0.25) is 4.34 Å². The Kier molecular flexibility index (Phi) is 7.20. The summed E-state index contributed by atoms with van der Waals surface area (Å²) in [5, 5.41) is 5.82. The van der Waals surface area contributed by atoms with Crippen LogP contribution < -0.4 is 5.32 Å². The lowest BCUT2D eigenvalue weighted by Gasteiger charge is -2.20. The Morgan fingerprint density at radius 3 is 2.57 bits per heavy atom. The quantitative estimate of drug-likeness (QED) is 0.654. The molecule has 5 heteroatoms. The van der Waals surface area contributed by atoms with Crippen LogP contribution in [0.25, 0.3) is 0 Å². The number of halogens is 1. The SMILES string of the molecule is CCN(CC)CCCNC(c1cccs1)c1ccc(Cl)s1. The van der Waals surface area contributed by atoms with E-state index < -0.39 is 0 Å². The first-order valence-corrected chi connectivity index (χ1v) is 9.56. The van der Waals surface area contributed by atoms with E-state index in [1.807, 2.05) is 6.07 Å². The molecule has 2 aromatic rings. The van der Waals surface area contributed by atoms with Gasteiger partial charge in [-0.15, -0.1) is 22.7 Å². The van der Waals surface area contributed by atoms with E-state index in [1.165, 1.54) is 16.2 Å². The Labute approximate surface area is 140 Å². The summed E-state index contributed by atoms with van der Waals surface area (Å²) in [4.78, 5) is 5.12. The lowest BCUT2D eigenvalue weighted by atomic mass is 10.2. The number of nitrogens with zero attached hydrogens (tertiary/aromatic N) is 1. The fraction of sp³-hybridized carbons (Fsp3) is 0.500. The van der Waals surface area contributed by atoms with Crippen LogP contribution >= 0.6 is 34.3 Å². The van der Waals surface area contributed by atoms with E-state index in [0.29, 0.717) is 0 Å². The van der Waals surface area contributed by atoms with Crippen LogP contribution in [-0.2, 0) is 0 Å². The first-order valence-electron chi connectivity index (χ1n) is 7.49. The third kappa shape index (κ3) is 5.08. The molecule has 0 amide bonds. The summed E-state index contributed by atoms with van der Waals surface area (Å²) in [5.41, 5.74) is 0. The zero-order chi connectivity index (χ0) is 15.1. The van der Waals surface area contributed by atoms with Crippen LogP contribution in [0.1, 0.15) is 36.1 Å². The van der Waals surface area contributed by atoms with Crippen LogP contribution in [0.5, 0.6) is 0 Å². The van der Waals surface area contributed by atoms with E-state index >= 15 is 0 Å². The van der Waals surface area contributed by atoms with Crippen molar-refractivity contribution < 1.29 is 0 Å².